The Hall–Kier alpha value is -0.920. The largest absolute Gasteiger partial charge is 2.00 e. The number of hydrogen-bond donors (Lipinski definition) is 0. The van der Waals surface area contributed by atoms with Gasteiger partial charge in [-0.25, -0.2) is 0 Å². The molecule has 6 nitrogen and oxygen atoms in total. The van der Waals surface area contributed by atoms with Gasteiger partial charge in [0.15, 0.2) is 0 Å². The molecule has 7 heteroatoms. The van der Waals surface area contributed by atoms with Crippen molar-refractivity contribution in [3.05, 3.63) is 48.6 Å². The normalized spacial score (nSPS) is 14.3. The van der Waals surface area contributed by atoms with Gasteiger partial charge in [-0.2, -0.15) is 0 Å². The number of nitrogens with zero attached hydrogens (tertiary/aromatic N) is 2. The standard InChI is InChI=1S/2C22H41NO2.Ca/c2*1-5-7-9-11-13-15-17-20(3)23(19-22(24)25)21(4)18-16-14-12-10-8-6-2;/h2*7-10,20-21H,5-6,11-19H2,1-4H3,(H,24,25);/q;;+2/p-2/b2*9-7+,10-8+;. The Labute approximate surface area is 346 Å². The number of carbonyl (C=O) groups is 2. The van der Waals surface area contributed by atoms with Crippen LogP contribution in [-0.4, -0.2) is 96.7 Å². The van der Waals surface area contributed by atoms with Crippen LogP contribution >= 0.6 is 0 Å². The van der Waals surface area contributed by atoms with E-state index in [1.165, 1.54) is 25.7 Å². The molecule has 0 amide bonds. The van der Waals surface area contributed by atoms with Crippen molar-refractivity contribution in [1.29, 1.82) is 0 Å². The van der Waals surface area contributed by atoms with Gasteiger partial charge in [-0.05, 0) is 130 Å². The molecule has 0 aliphatic heterocycles. The summed E-state index contributed by atoms with van der Waals surface area (Å²) in [6.45, 7) is 17.3. The van der Waals surface area contributed by atoms with E-state index in [2.05, 4.69) is 114 Å². The first-order valence-corrected chi connectivity index (χ1v) is 20.6. The second-order valence-electron chi connectivity index (χ2n) is 14.1. The SMILES string of the molecule is CC/C=C/CCCCC(C)N(CC(=O)[O-])C(C)CCCC/C=C/CC.CC/C=C/CCCCC(C)N(CC(=O)[O-])C(C)CCCC/C=C/CC.[Ca+2]. The molecule has 0 saturated heterocycles. The molecule has 0 N–H and O–H groups in total. The molecule has 0 radical (unpaired) electrons. The number of carboxylic acid groups (broad SMARTS) is 2. The van der Waals surface area contributed by atoms with E-state index in [-0.39, 0.29) is 50.8 Å². The van der Waals surface area contributed by atoms with Crippen LogP contribution in [0.25, 0.3) is 0 Å². The molecule has 0 spiro atoms. The summed E-state index contributed by atoms with van der Waals surface area (Å²) in [5.74, 6) is -1.93. The van der Waals surface area contributed by atoms with Crippen LogP contribution in [0.5, 0.6) is 0 Å². The first-order chi connectivity index (χ1) is 24.0. The third-order valence-corrected chi connectivity index (χ3v) is 9.47. The Bertz CT molecular complexity index is 776. The van der Waals surface area contributed by atoms with Crippen LogP contribution in [0.2, 0.25) is 0 Å². The maximum Gasteiger partial charge on any atom is 2.00 e. The Balaban J connectivity index is -0.000000886. The molecule has 0 heterocycles. The Morgan fingerprint density at radius 1 is 0.431 bits per heavy atom. The zero-order valence-corrected chi connectivity index (χ0v) is 36.9. The van der Waals surface area contributed by atoms with Gasteiger partial charge in [0.1, 0.15) is 0 Å². The van der Waals surface area contributed by atoms with Gasteiger partial charge in [0, 0.05) is 37.3 Å². The van der Waals surface area contributed by atoms with Crippen molar-refractivity contribution in [1.82, 2.24) is 9.80 Å². The Morgan fingerprint density at radius 2 is 0.647 bits per heavy atom. The molecule has 292 valence electrons. The van der Waals surface area contributed by atoms with Crippen LogP contribution in [0.15, 0.2) is 48.6 Å². The monoisotopic (exact) mass is 741 g/mol. The summed E-state index contributed by atoms with van der Waals surface area (Å²) in [7, 11) is 0. The molecule has 0 aromatic heterocycles. The number of rotatable bonds is 32. The van der Waals surface area contributed by atoms with Crippen molar-refractivity contribution in [3.8, 4) is 0 Å². The average Bonchev–Trinajstić information content (AvgIpc) is 3.08. The zero-order valence-electron chi connectivity index (χ0n) is 34.7. The quantitative estimate of drug-likeness (QED) is 0.0388. The summed E-state index contributed by atoms with van der Waals surface area (Å²) < 4.78 is 0. The van der Waals surface area contributed by atoms with E-state index in [1.54, 1.807) is 0 Å². The maximum absolute atomic E-state index is 11.1. The maximum atomic E-state index is 11.1. The summed E-state index contributed by atoms with van der Waals surface area (Å²) >= 11 is 0. The Morgan fingerprint density at radius 3 is 0.824 bits per heavy atom. The second kappa shape index (κ2) is 40.3. The fraction of sp³-hybridized carbons (Fsp3) is 0.773. The molecular weight excluding hydrogens is 661 g/mol. The second-order valence-corrected chi connectivity index (χ2v) is 14.1. The third kappa shape index (κ3) is 35.9. The van der Waals surface area contributed by atoms with E-state index < -0.39 is 11.9 Å². The summed E-state index contributed by atoms with van der Waals surface area (Å²) in [5, 5.41) is 22.3. The molecule has 0 bridgehead atoms. The molecule has 0 fully saturated rings. The van der Waals surface area contributed by atoms with Crippen molar-refractivity contribution in [2.45, 2.75) is 208 Å². The van der Waals surface area contributed by atoms with Crippen molar-refractivity contribution < 1.29 is 19.8 Å². The van der Waals surface area contributed by atoms with Crippen LogP contribution < -0.4 is 10.2 Å². The molecule has 4 unspecified atom stereocenters. The van der Waals surface area contributed by atoms with Gasteiger partial charge in [-0.15, -0.1) is 0 Å². The van der Waals surface area contributed by atoms with Gasteiger partial charge in [0.05, 0.1) is 11.9 Å². The number of aliphatic carboxylic acids is 2. The van der Waals surface area contributed by atoms with Crippen molar-refractivity contribution in [2.75, 3.05) is 13.1 Å². The molecule has 51 heavy (non-hydrogen) atoms. The van der Waals surface area contributed by atoms with Crippen LogP contribution in [0.1, 0.15) is 184 Å². The molecule has 0 rings (SSSR count). The minimum atomic E-state index is -0.963. The molecule has 0 aromatic rings. The molecule has 0 aliphatic carbocycles. The zero-order chi connectivity index (χ0) is 37.8. The number of allylic oxidation sites excluding steroid dienone is 8. The van der Waals surface area contributed by atoms with Gasteiger partial charge < -0.3 is 19.8 Å². The molecule has 0 aliphatic rings. The topological polar surface area (TPSA) is 86.7 Å². The van der Waals surface area contributed by atoms with Gasteiger partial charge >= 0.3 is 37.7 Å². The van der Waals surface area contributed by atoms with Gasteiger partial charge in [-0.3, -0.25) is 9.80 Å². The molecule has 0 aromatic carbocycles. The fourth-order valence-electron chi connectivity index (χ4n) is 6.40. The van der Waals surface area contributed by atoms with Crippen LogP contribution in [0.3, 0.4) is 0 Å². The first-order valence-electron chi connectivity index (χ1n) is 20.6. The molecular formula is C44H80CaN2O4. The van der Waals surface area contributed by atoms with E-state index in [9.17, 15) is 19.8 Å². The minimum absolute atomic E-state index is 0. The van der Waals surface area contributed by atoms with Gasteiger partial charge in [0.2, 0.25) is 0 Å². The van der Waals surface area contributed by atoms with Crippen LogP contribution in [0.4, 0.5) is 0 Å². The predicted octanol–water partition coefficient (Wildman–Crippen LogP) is 9.36. The van der Waals surface area contributed by atoms with Crippen molar-refractivity contribution in [3.63, 3.8) is 0 Å². The predicted molar refractivity (Wildman–Crippen MR) is 219 cm³/mol. The first kappa shape index (κ1) is 54.4. The number of carboxylic acids is 2. The number of hydrogen-bond acceptors (Lipinski definition) is 6. The summed E-state index contributed by atoms with van der Waals surface area (Å²) in [4.78, 5) is 26.5. The summed E-state index contributed by atoms with van der Waals surface area (Å²) in [6.07, 6.45) is 40.3. The van der Waals surface area contributed by atoms with E-state index in [4.69, 9.17) is 0 Å². The van der Waals surface area contributed by atoms with Crippen LogP contribution in [-0.2, 0) is 9.59 Å². The van der Waals surface area contributed by atoms with E-state index in [0.717, 1.165) is 103 Å². The van der Waals surface area contributed by atoms with E-state index in [0.29, 0.717) is 24.2 Å². The fourth-order valence-corrected chi connectivity index (χ4v) is 6.40. The number of unbranched alkanes of at least 4 members (excludes halogenated alkanes) is 8. The Kier molecular flexibility index (Phi) is 43.0. The van der Waals surface area contributed by atoms with Gasteiger partial charge in [-0.1, -0.05) is 102 Å². The molecule has 4 atom stereocenters. The van der Waals surface area contributed by atoms with E-state index in [1.807, 2.05) is 0 Å². The van der Waals surface area contributed by atoms with Crippen molar-refractivity contribution >= 4 is 49.7 Å². The summed E-state index contributed by atoms with van der Waals surface area (Å²) in [5.41, 5.74) is 0. The minimum Gasteiger partial charge on any atom is -0.549 e. The smallest absolute Gasteiger partial charge is 0.549 e. The number of carbonyl (C=O) groups excluding carboxylic acids is 2. The van der Waals surface area contributed by atoms with Gasteiger partial charge in [0.25, 0.3) is 0 Å². The van der Waals surface area contributed by atoms with Crippen LogP contribution in [0, 0.1) is 0 Å². The molecule has 0 saturated carbocycles. The average molecular weight is 741 g/mol. The van der Waals surface area contributed by atoms with Crippen molar-refractivity contribution in [2.24, 2.45) is 0 Å². The third-order valence-electron chi connectivity index (χ3n) is 9.47. The van der Waals surface area contributed by atoms with E-state index >= 15 is 0 Å². The summed E-state index contributed by atoms with van der Waals surface area (Å²) in [6, 6.07) is 1.18.